The number of nitrogens with one attached hydrogen (secondary N) is 1. The van der Waals surface area contributed by atoms with Crippen LogP contribution in [0.15, 0.2) is 34.9 Å². The van der Waals surface area contributed by atoms with Crippen molar-refractivity contribution in [2.45, 2.75) is 46.3 Å². The highest BCUT2D eigenvalue weighted by Crippen LogP contribution is 2.19. The molecule has 1 aromatic carbocycles. The molecule has 0 aliphatic rings. The number of benzene rings is 1. The van der Waals surface area contributed by atoms with E-state index in [1.807, 2.05) is 24.3 Å². The quantitative estimate of drug-likeness (QED) is 0.783. The number of aryl methyl sites for hydroxylation is 1. The average Bonchev–Trinajstić information content (AvgIpc) is 2.98. The molecule has 2 rings (SSSR count). The van der Waals surface area contributed by atoms with Crippen LogP contribution in [0.1, 0.15) is 37.9 Å². The lowest BCUT2D eigenvalue weighted by Gasteiger charge is -2.20. The zero-order chi connectivity index (χ0) is 15.9. The molecule has 0 spiro atoms. The third kappa shape index (κ3) is 4.42. The smallest absolute Gasteiger partial charge is 0.226 e. The summed E-state index contributed by atoms with van der Waals surface area (Å²) in [6.07, 6.45) is 3.37. The van der Waals surface area contributed by atoms with Gasteiger partial charge in [0, 0.05) is 18.7 Å². The first-order valence-electron chi connectivity index (χ1n) is 8.04. The third-order valence-electron chi connectivity index (χ3n) is 4.10. The number of aromatic nitrogens is 1. The summed E-state index contributed by atoms with van der Waals surface area (Å²) in [4.78, 5) is 4.48. The Hall–Kier alpha value is -1.65. The van der Waals surface area contributed by atoms with E-state index in [4.69, 9.17) is 4.42 Å². The van der Waals surface area contributed by atoms with E-state index in [9.17, 15) is 5.11 Å². The number of nitrogens with zero attached hydrogens (tertiary/aromatic N) is 1. The zero-order valence-electron chi connectivity index (χ0n) is 13.7. The summed E-state index contributed by atoms with van der Waals surface area (Å²) in [5, 5.41) is 13.3. The van der Waals surface area contributed by atoms with Gasteiger partial charge in [-0.1, -0.05) is 44.4 Å². The number of aliphatic hydroxyl groups is 1. The average molecular weight is 302 g/mol. The molecule has 22 heavy (non-hydrogen) atoms. The Morgan fingerprint density at radius 2 is 1.86 bits per heavy atom. The minimum atomic E-state index is -0.307. The van der Waals surface area contributed by atoms with E-state index in [1.54, 1.807) is 6.26 Å². The van der Waals surface area contributed by atoms with Gasteiger partial charge in [0.2, 0.25) is 5.89 Å². The first kappa shape index (κ1) is 16.7. The van der Waals surface area contributed by atoms with Crippen LogP contribution in [0.2, 0.25) is 0 Å². The van der Waals surface area contributed by atoms with Crippen molar-refractivity contribution in [2.24, 2.45) is 5.92 Å². The molecular formula is C18H26N2O2. The SMILES string of the molecule is CCC(CC)C(O)CNCc1coc(-c2ccc(C)cc2)n1. The van der Waals surface area contributed by atoms with Crippen LogP contribution in [0.5, 0.6) is 0 Å². The van der Waals surface area contributed by atoms with Gasteiger partial charge in [-0.15, -0.1) is 0 Å². The Morgan fingerprint density at radius 3 is 2.50 bits per heavy atom. The topological polar surface area (TPSA) is 58.3 Å². The minimum Gasteiger partial charge on any atom is -0.444 e. The highest BCUT2D eigenvalue weighted by Gasteiger charge is 2.15. The van der Waals surface area contributed by atoms with Crippen molar-refractivity contribution in [2.75, 3.05) is 6.54 Å². The van der Waals surface area contributed by atoms with E-state index >= 15 is 0 Å². The van der Waals surface area contributed by atoms with Gasteiger partial charge >= 0.3 is 0 Å². The minimum absolute atomic E-state index is 0.307. The molecule has 1 atom stereocenters. The van der Waals surface area contributed by atoms with Gasteiger partial charge in [-0.25, -0.2) is 4.98 Å². The Bertz CT molecular complexity index is 559. The molecule has 0 saturated carbocycles. The van der Waals surface area contributed by atoms with Gasteiger partial charge in [0.1, 0.15) is 6.26 Å². The Balaban J connectivity index is 1.86. The second-order valence-corrected chi connectivity index (χ2v) is 5.78. The highest BCUT2D eigenvalue weighted by molar-refractivity contribution is 5.53. The summed E-state index contributed by atoms with van der Waals surface area (Å²) in [5.41, 5.74) is 3.05. The molecular weight excluding hydrogens is 276 g/mol. The molecule has 0 amide bonds. The zero-order valence-corrected chi connectivity index (χ0v) is 13.7. The van der Waals surface area contributed by atoms with Crippen molar-refractivity contribution in [3.8, 4) is 11.5 Å². The fourth-order valence-corrected chi connectivity index (χ4v) is 2.56. The van der Waals surface area contributed by atoms with Gasteiger partial charge in [0.15, 0.2) is 0 Å². The summed E-state index contributed by atoms with van der Waals surface area (Å²) in [6.45, 7) is 7.47. The maximum absolute atomic E-state index is 10.1. The van der Waals surface area contributed by atoms with Crippen LogP contribution in [-0.4, -0.2) is 22.7 Å². The van der Waals surface area contributed by atoms with Crippen molar-refractivity contribution < 1.29 is 9.52 Å². The van der Waals surface area contributed by atoms with Gasteiger partial charge in [-0.2, -0.15) is 0 Å². The molecule has 0 fully saturated rings. The Morgan fingerprint density at radius 1 is 1.18 bits per heavy atom. The summed E-state index contributed by atoms with van der Waals surface area (Å²) in [7, 11) is 0. The Labute approximate surface area is 132 Å². The molecule has 0 aliphatic heterocycles. The van der Waals surface area contributed by atoms with Crippen LogP contribution in [0, 0.1) is 12.8 Å². The van der Waals surface area contributed by atoms with Gasteiger partial charge < -0.3 is 14.8 Å². The largest absolute Gasteiger partial charge is 0.444 e. The monoisotopic (exact) mass is 302 g/mol. The van der Waals surface area contributed by atoms with Crippen LogP contribution in [0.4, 0.5) is 0 Å². The maximum Gasteiger partial charge on any atom is 0.226 e. The van der Waals surface area contributed by atoms with Gasteiger partial charge in [0.25, 0.3) is 0 Å². The molecule has 1 unspecified atom stereocenters. The lowest BCUT2D eigenvalue weighted by atomic mass is 9.96. The molecule has 0 saturated heterocycles. The van der Waals surface area contributed by atoms with Crippen LogP contribution < -0.4 is 5.32 Å². The van der Waals surface area contributed by atoms with Crippen molar-refractivity contribution in [1.82, 2.24) is 10.3 Å². The van der Waals surface area contributed by atoms with Crippen molar-refractivity contribution in [3.63, 3.8) is 0 Å². The molecule has 4 nitrogen and oxygen atoms in total. The van der Waals surface area contributed by atoms with Gasteiger partial charge in [-0.05, 0) is 25.0 Å². The molecule has 2 aromatic rings. The van der Waals surface area contributed by atoms with E-state index < -0.39 is 0 Å². The third-order valence-corrected chi connectivity index (χ3v) is 4.10. The van der Waals surface area contributed by atoms with Crippen molar-refractivity contribution in [3.05, 3.63) is 41.8 Å². The fourth-order valence-electron chi connectivity index (χ4n) is 2.56. The van der Waals surface area contributed by atoms with Crippen LogP contribution >= 0.6 is 0 Å². The van der Waals surface area contributed by atoms with Gasteiger partial charge in [-0.3, -0.25) is 0 Å². The van der Waals surface area contributed by atoms with E-state index in [0.717, 1.165) is 24.1 Å². The van der Waals surface area contributed by atoms with Crippen LogP contribution in [0.3, 0.4) is 0 Å². The summed E-state index contributed by atoms with van der Waals surface area (Å²) in [6, 6.07) is 8.11. The van der Waals surface area contributed by atoms with E-state index in [0.29, 0.717) is 24.9 Å². The number of aliphatic hydroxyl groups excluding tert-OH is 1. The van der Waals surface area contributed by atoms with Crippen molar-refractivity contribution >= 4 is 0 Å². The molecule has 0 radical (unpaired) electrons. The summed E-state index contributed by atoms with van der Waals surface area (Å²) < 4.78 is 5.52. The molecule has 1 heterocycles. The lowest BCUT2D eigenvalue weighted by molar-refractivity contribution is 0.101. The van der Waals surface area contributed by atoms with Gasteiger partial charge in [0.05, 0.1) is 11.8 Å². The summed E-state index contributed by atoms with van der Waals surface area (Å²) in [5.74, 6) is 0.991. The second-order valence-electron chi connectivity index (χ2n) is 5.78. The van der Waals surface area contributed by atoms with E-state index in [1.165, 1.54) is 5.56 Å². The number of oxazole rings is 1. The standard InChI is InChI=1S/C18H26N2O2/c1-4-14(5-2)17(21)11-19-10-16-12-22-18(20-16)15-8-6-13(3)7-9-15/h6-9,12,14,17,19,21H,4-5,10-11H2,1-3H3. The predicted octanol–water partition coefficient (Wildman–Crippen LogP) is 3.54. The number of rotatable bonds is 8. The van der Waals surface area contributed by atoms with Crippen LogP contribution in [-0.2, 0) is 6.54 Å². The lowest BCUT2D eigenvalue weighted by Crippen LogP contribution is -2.32. The van der Waals surface area contributed by atoms with E-state index in [2.05, 4.69) is 31.1 Å². The summed E-state index contributed by atoms with van der Waals surface area (Å²) >= 11 is 0. The van der Waals surface area contributed by atoms with E-state index in [-0.39, 0.29) is 6.10 Å². The molecule has 2 N–H and O–H groups in total. The number of hydrogen-bond acceptors (Lipinski definition) is 4. The normalized spacial score (nSPS) is 12.8. The second kappa shape index (κ2) is 8.11. The Kier molecular flexibility index (Phi) is 6.16. The molecule has 120 valence electrons. The number of hydrogen-bond donors (Lipinski definition) is 2. The fraction of sp³-hybridized carbons (Fsp3) is 0.500. The predicted molar refractivity (Wildman–Crippen MR) is 88.5 cm³/mol. The molecule has 0 aliphatic carbocycles. The molecule has 4 heteroatoms. The van der Waals surface area contributed by atoms with Crippen molar-refractivity contribution in [1.29, 1.82) is 0 Å². The first-order chi connectivity index (χ1) is 10.6. The molecule has 1 aromatic heterocycles. The molecule has 0 bridgehead atoms. The first-order valence-corrected chi connectivity index (χ1v) is 8.04. The van der Waals surface area contributed by atoms with Crippen LogP contribution in [0.25, 0.3) is 11.5 Å². The highest BCUT2D eigenvalue weighted by atomic mass is 16.3. The maximum atomic E-state index is 10.1.